The SMILES string of the molecule is Cc1nc2ccccc2n1-c1ccc(-c2ccc(-c3c4c(cc5c(-c6ccccc6)nc6ccccc6c35)oc3ccccc34)cc2)cc1. The lowest BCUT2D eigenvalue weighted by Gasteiger charge is -2.16. The normalized spacial score (nSPS) is 11.8. The van der Waals surface area contributed by atoms with Gasteiger partial charge in [0.15, 0.2) is 0 Å². The molecule has 0 spiro atoms. The Balaban J connectivity index is 1.18. The van der Waals surface area contributed by atoms with Crippen molar-refractivity contribution in [3.8, 4) is 39.2 Å². The third-order valence-electron chi connectivity index (χ3n) is 9.74. The first-order valence-corrected chi connectivity index (χ1v) is 16.6. The number of hydrogen-bond donors (Lipinski definition) is 0. The maximum Gasteiger partial charge on any atom is 0.136 e. The monoisotopic (exact) mass is 627 g/mol. The minimum absolute atomic E-state index is 0.861. The molecule has 0 bridgehead atoms. The highest BCUT2D eigenvalue weighted by molar-refractivity contribution is 6.27. The summed E-state index contributed by atoms with van der Waals surface area (Å²) in [5.74, 6) is 0.977. The molecule has 3 aromatic heterocycles. The van der Waals surface area contributed by atoms with Gasteiger partial charge in [-0.1, -0.05) is 115 Å². The zero-order chi connectivity index (χ0) is 32.5. The Morgan fingerprint density at radius 1 is 0.469 bits per heavy atom. The third-order valence-corrected chi connectivity index (χ3v) is 9.74. The van der Waals surface area contributed by atoms with E-state index in [1.165, 1.54) is 5.39 Å². The summed E-state index contributed by atoms with van der Waals surface area (Å²) in [4.78, 5) is 9.98. The predicted molar refractivity (Wildman–Crippen MR) is 202 cm³/mol. The van der Waals surface area contributed by atoms with Crippen LogP contribution in [0.25, 0.3) is 93.8 Å². The lowest BCUT2D eigenvalue weighted by molar-refractivity contribution is 0.669. The standard InChI is InChI=1S/C45H29N3O/c1-28-46-38-16-8-9-17-39(38)48(28)33-25-23-30(24-26-33)29-19-21-31(22-20-29)42-43-34-13-5-7-15-37(34)47-45(32-11-3-2-4-12-32)36(43)27-41-44(42)35-14-6-10-18-40(35)49-41/h2-27H,1H3. The van der Waals surface area contributed by atoms with Crippen LogP contribution in [0.1, 0.15) is 5.82 Å². The number of nitrogens with zero attached hydrogens (tertiary/aromatic N) is 3. The number of aromatic nitrogens is 3. The van der Waals surface area contributed by atoms with Crippen molar-refractivity contribution >= 4 is 54.6 Å². The molecule has 7 aromatic carbocycles. The number of benzene rings is 7. The van der Waals surface area contributed by atoms with Crippen LogP contribution in [-0.2, 0) is 0 Å². The van der Waals surface area contributed by atoms with E-state index in [1.807, 2.05) is 18.2 Å². The van der Waals surface area contributed by atoms with E-state index >= 15 is 0 Å². The molecule has 0 atom stereocenters. The van der Waals surface area contributed by atoms with Crippen LogP contribution < -0.4 is 0 Å². The van der Waals surface area contributed by atoms with Crippen LogP contribution in [0.5, 0.6) is 0 Å². The Hall–Kier alpha value is -6.52. The maximum atomic E-state index is 6.56. The average molecular weight is 628 g/mol. The second-order valence-electron chi connectivity index (χ2n) is 12.6. The molecular weight excluding hydrogens is 599 g/mol. The lowest BCUT2D eigenvalue weighted by atomic mass is 9.89. The van der Waals surface area contributed by atoms with E-state index in [0.29, 0.717) is 0 Å². The van der Waals surface area contributed by atoms with Crippen molar-refractivity contribution in [3.63, 3.8) is 0 Å². The number of imidazole rings is 1. The molecule has 0 fully saturated rings. The number of furan rings is 1. The van der Waals surface area contributed by atoms with Gasteiger partial charge in [-0.3, -0.25) is 4.57 Å². The zero-order valence-electron chi connectivity index (χ0n) is 26.8. The fraction of sp³-hybridized carbons (Fsp3) is 0.0222. The highest BCUT2D eigenvalue weighted by Gasteiger charge is 2.21. The van der Waals surface area contributed by atoms with Crippen molar-refractivity contribution in [3.05, 3.63) is 164 Å². The molecule has 4 nitrogen and oxygen atoms in total. The van der Waals surface area contributed by atoms with Crippen molar-refractivity contribution in [2.24, 2.45) is 0 Å². The fourth-order valence-electron chi connectivity index (χ4n) is 7.53. The molecule has 4 heteroatoms. The average Bonchev–Trinajstić information content (AvgIpc) is 3.70. The number of rotatable bonds is 4. The number of fused-ring (bicyclic) bond motifs is 7. The number of para-hydroxylation sites is 4. The summed E-state index contributed by atoms with van der Waals surface area (Å²) in [5.41, 5.74) is 12.6. The predicted octanol–water partition coefficient (Wildman–Crippen LogP) is 11.9. The Morgan fingerprint density at radius 3 is 1.90 bits per heavy atom. The van der Waals surface area contributed by atoms with Crippen LogP contribution >= 0.6 is 0 Å². The second-order valence-corrected chi connectivity index (χ2v) is 12.6. The second kappa shape index (κ2) is 10.8. The highest BCUT2D eigenvalue weighted by atomic mass is 16.3. The fourth-order valence-corrected chi connectivity index (χ4v) is 7.53. The Bertz CT molecular complexity index is 2860. The highest BCUT2D eigenvalue weighted by Crippen LogP contribution is 2.46. The van der Waals surface area contributed by atoms with Crippen LogP contribution in [0.3, 0.4) is 0 Å². The van der Waals surface area contributed by atoms with Crippen LogP contribution in [0.2, 0.25) is 0 Å². The molecule has 0 N–H and O–H groups in total. The number of pyridine rings is 1. The summed E-state index contributed by atoms with van der Waals surface area (Å²) in [6.07, 6.45) is 0. The molecule has 0 aliphatic heterocycles. The molecule has 0 radical (unpaired) electrons. The molecule has 10 aromatic rings. The lowest BCUT2D eigenvalue weighted by Crippen LogP contribution is -1.96. The van der Waals surface area contributed by atoms with E-state index < -0.39 is 0 Å². The van der Waals surface area contributed by atoms with Gasteiger partial charge in [-0.05, 0) is 66.1 Å². The summed E-state index contributed by atoms with van der Waals surface area (Å²) in [7, 11) is 0. The topological polar surface area (TPSA) is 43.9 Å². The molecule has 3 heterocycles. The van der Waals surface area contributed by atoms with E-state index in [2.05, 4.69) is 151 Å². The first kappa shape index (κ1) is 27.6. The van der Waals surface area contributed by atoms with Crippen molar-refractivity contribution in [1.29, 1.82) is 0 Å². The molecule has 0 aliphatic carbocycles. The maximum absolute atomic E-state index is 6.56. The van der Waals surface area contributed by atoms with Gasteiger partial charge in [0.05, 0.1) is 22.2 Å². The zero-order valence-corrected chi connectivity index (χ0v) is 26.8. The van der Waals surface area contributed by atoms with Gasteiger partial charge in [-0.25, -0.2) is 9.97 Å². The van der Waals surface area contributed by atoms with E-state index in [9.17, 15) is 0 Å². The summed E-state index contributed by atoms with van der Waals surface area (Å²) in [6.45, 7) is 2.06. The van der Waals surface area contributed by atoms with E-state index in [4.69, 9.17) is 14.4 Å². The summed E-state index contributed by atoms with van der Waals surface area (Å²) in [5, 5.41) is 5.62. The molecular formula is C45H29N3O. The van der Waals surface area contributed by atoms with Crippen LogP contribution in [-0.4, -0.2) is 14.5 Å². The van der Waals surface area contributed by atoms with E-state index in [0.717, 1.165) is 94.3 Å². The van der Waals surface area contributed by atoms with Gasteiger partial charge in [0.25, 0.3) is 0 Å². The summed E-state index contributed by atoms with van der Waals surface area (Å²) < 4.78 is 8.78. The smallest absolute Gasteiger partial charge is 0.136 e. The van der Waals surface area contributed by atoms with Crippen molar-refractivity contribution < 1.29 is 4.42 Å². The Labute approximate surface area is 282 Å². The van der Waals surface area contributed by atoms with Crippen molar-refractivity contribution in [2.45, 2.75) is 6.92 Å². The molecule has 0 aliphatic rings. The first-order valence-electron chi connectivity index (χ1n) is 16.6. The number of hydrogen-bond acceptors (Lipinski definition) is 3. The number of aryl methyl sites for hydroxylation is 1. The molecule has 49 heavy (non-hydrogen) atoms. The molecule has 0 amide bonds. The van der Waals surface area contributed by atoms with Crippen LogP contribution in [0.4, 0.5) is 0 Å². The Morgan fingerprint density at radius 2 is 1.10 bits per heavy atom. The van der Waals surface area contributed by atoms with Gasteiger partial charge in [0, 0.05) is 43.7 Å². The van der Waals surface area contributed by atoms with Gasteiger partial charge >= 0.3 is 0 Å². The third kappa shape index (κ3) is 4.31. The minimum Gasteiger partial charge on any atom is -0.456 e. The largest absolute Gasteiger partial charge is 0.456 e. The van der Waals surface area contributed by atoms with Crippen molar-refractivity contribution in [1.82, 2.24) is 14.5 Å². The summed E-state index contributed by atoms with van der Waals surface area (Å²) >= 11 is 0. The van der Waals surface area contributed by atoms with Crippen LogP contribution in [0.15, 0.2) is 162 Å². The first-order chi connectivity index (χ1) is 24.2. The van der Waals surface area contributed by atoms with Gasteiger partial charge in [0.2, 0.25) is 0 Å². The quantitative estimate of drug-likeness (QED) is 0.182. The van der Waals surface area contributed by atoms with Crippen LogP contribution in [0, 0.1) is 6.92 Å². The van der Waals surface area contributed by atoms with E-state index in [-0.39, 0.29) is 0 Å². The van der Waals surface area contributed by atoms with Gasteiger partial charge in [0.1, 0.15) is 17.0 Å². The molecule has 0 unspecified atom stereocenters. The van der Waals surface area contributed by atoms with E-state index in [1.54, 1.807) is 0 Å². The van der Waals surface area contributed by atoms with Gasteiger partial charge in [-0.15, -0.1) is 0 Å². The summed E-state index contributed by atoms with van der Waals surface area (Å²) in [6, 6.07) is 55.5. The van der Waals surface area contributed by atoms with Gasteiger partial charge in [-0.2, -0.15) is 0 Å². The van der Waals surface area contributed by atoms with Crippen molar-refractivity contribution in [2.75, 3.05) is 0 Å². The molecule has 10 rings (SSSR count). The minimum atomic E-state index is 0.861. The molecule has 0 saturated heterocycles. The molecule has 0 saturated carbocycles. The molecule has 230 valence electrons. The van der Waals surface area contributed by atoms with Gasteiger partial charge < -0.3 is 4.42 Å². The Kier molecular flexibility index (Phi) is 6.06.